The molecule has 0 saturated carbocycles. The summed E-state index contributed by atoms with van der Waals surface area (Å²) in [5, 5.41) is 0. The molecule has 5 heteroatoms. The molecule has 2 aliphatic rings. The van der Waals surface area contributed by atoms with Gasteiger partial charge in [-0.1, -0.05) is 81.0 Å². The molecule has 0 spiro atoms. The summed E-state index contributed by atoms with van der Waals surface area (Å²) in [6.45, 7) is 13.6. The van der Waals surface area contributed by atoms with Crippen molar-refractivity contribution in [1.82, 2.24) is 9.55 Å². The van der Waals surface area contributed by atoms with Crippen LogP contribution in [0, 0.1) is 32.3 Å². The van der Waals surface area contributed by atoms with Crippen LogP contribution in [0.4, 0.5) is 0 Å². The van der Waals surface area contributed by atoms with E-state index < -0.39 is 0 Å². The molecule has 0 amide bonds. The van der Waals surface area contributed by atoms with Gasteiger partial charge in [-0.2, -0.15) is 11.6 Å². The number of ether oxygens (including phenoxy) is 1. The standard InChI is InChI=1S/C29H29N2O.C11H8N.Ir/c1-18-12-19(2)14-20(13-18)30-17-31-24-15-21-22(29(5,6)11-10-28(21,3)4)16-26(24)32-25-9-7-8-23(30)27(25)31;1-2-6-10(7-3-1)11-8-4-5-9-12-11;/h7-9,12-14,16H,10-11H2,1-6H3;1-6,8-9H;/q2*-1;+3. The number of aryl methyl sites for hydroxylation is 2. The Bertz CT molecular complexity index is 1950. The van der Waals surface area contributed by atoms with Crippen LogP contribution in [0.2, 0.25) is 0 Å². The Hall–Kier alpha value is -4.05. The Morgan fingerprint density at radius 3 is 2.29 bits per heavy atom. The van der Waals surface area contributed by atoms with Crippen LogP contribution in [0.3, 0.4) is 0 Å². The van der Waals surface area contributed by atoms with E-state index in [2.05, 4.69) is 117 Å². The van der Waals surface area contributed by atoms with Gasteiger partial charge in [0.2, 0.25) is 0 Å². The summed E-state index contributed by atoms with van der Waals surface area (Å²) < 4.78 is 10.8. The summed E-state index contributed by atoms with van der Waals surface area (Å²) in [7, 11) is 0. The number of benzene rings is 4. The van der Waals surface area contributed by atoms with E-state index in [0.29, 0.717) is 0 Å². The molecule has 3 heterocycles. The van der Waals surface area contributed by atoms with E-state index in [1.54, 1.807) is 6.20 Å². The maximum Gasteiger partial charge on any atom is 3.00 e. The first-order valence-corrected chi connectivity index (χ1v) is 15.4. The zero-order chi connectivity index (χ0) is 30.6. The molecule has 0 bridgehead atoms. The minimum absolute atomic E-state index is 0. The van der Waals surface area contributed by atoms with Crippen LogP contribution in [-0.2, 0) is 30.9 Å². The van der Waals surface area contributed by atoms with E-state index in [-0.39, 0.29) is 30.9 Å². The van der Waals surface area contributed by atoms with Crippen molar-refractivity contribution in [3.63, 3.8) is 0 Å². The second-order valence-electron chi connectivity index (χ2n) is 13.4. The summed E-state index contributed by atoms with van der Waals surface area (Å²) in [6, 6.07) is 35.8. The first kappa shape index (κ1) is 31.0. The van der Waals surface area contributed by atoms with Crippen LogP contribution in [0.1, 0.15) is 62.8 Å². The van der Waals surface area contributed by atoms with Crippen molar-refractivity contribution < 1.29 is 29.4 Å². The molecule has 0 saturated heterocycles. The predicted octanol–water partition coefficient (Wildman–Crippen LogP) is 9.13. The van der Waals surface area contributed by atoms with Gasteiger partial charge < -0.3 is 14.3 Å². The third-order valence-corrected chi connectivity index (χ3v) is 9.00. The summed E-state index contributed by atoms with van der Waals surface area (Å²) in [5.41, 5.74) is 11.6. The number of imidazole rings is 1. The van der Waals surface area contributed by atoms with Crippen LogP contribution < -0.4 is 9.30 Å². The van der Waals surface area contributed by atoms with Gasteiger partial charge in [-0.05, 0) is 61.3 Å². The molecule has 0 N–H and O–H groups in total. The summed E-state index contributed by atoms with van der Waals surface area (Å²) in [6.07, 6.45) is 7.75. The molecule has 0 atom stereocenters. The summed E-state index contributed by atoms with van der Waals surface area (Å²) in [5.74, 6) is 1.74. The van der Waals surface area contributed by atoms with Crippen molar-refractivity contribution >= 4 is 11.0 Å². The molecule has 4 aromatic carbocycles. The minimum Gasteiger partial charge on any atom is -0.523 e. The number of para-hydroxylation sites is 1. The van der Waals surface area contributed by atoms with Crippen molar-refractivity contribution in [2.75, 3.05) is 0 Å². The fraction of sp³-hybridized carbons (Fsp3) is 0.250. The predicted molar refractivity (Wildman–Crippen MR) is 176 cm³/mol. The van der Waals surface area contributed by atoms with Gasteiger partial charge in [-0.3, -0.25) is 4.57 Å². The normalized spacial score (nSPS) is 15.1. The molecule has 0 unspecified atom stereocenters. The second kappa shape index (κ2) is 11.7. The van der Waals surface area contributed by atoms with E-state index >= 15 is 0 Å². The smallest absolute Gasteiger partial charge is 0.523 e. The molecule has 1 aliphatic carbocycles. The molecule has 226 valence electrons. The number of pyridine rings is 1. The Morgan fingerprint density at radius 2 is 1.58 bits per heavy atom. The number of nitrogens with zero attached hydrogens (tertiary/aromatic N) is 3. The number of hydrogen-bond acceptors (Lipinski definition) is 2. The van der Waals surface area contributed by atoms with Gasteiger partial charge >= 0.3 is 20.1 Å². The van der Waals surface area contributed by atoms with Crippen molar-refractivity contribution in [3.05, 3.63) is 132 Å². The van der Waals surface area contributed by atoms with E-state index in [9.17, 15) is 0 Å². The van der Waals surface area contributed by atoms with Gasteiger partial charge in [-0.15, -0.1) is 47.5 Å². The molecule has 1 aliphatic heterocycles. The van der Waals surface area contributed by atoms with Gasteiger partial charge in [0.05, 0.1) is 11.2 Å². The Labute approximate surface area is 280 Å². The van der Waals surface area contributed by atoms with Crippen LogP contribution in [0.5, 0.6) is 11.5 Å². The molecular weight excluding hydrogens is 731 g/mol. The zero-order valence-electron chi connectivity index (χ0n) is 26.7. The molecule has 2 aromatic heterocycles. The van der Waals surface area contributed by atoms with Crippen molar-refractivity contribution in [2.45, 2.75) is 65.2 Å². The fourth-order valence-corrected chi connectivity index (χ4v) is 6.55. The number of hydrogen-bond donors (Lipinski definition) is 0. The molecule has 45 heavy (non-hydrogen) atoms. The van der Waals surface area contributed by atoms with Gasteiger partial charge in [0.1, 0.15) is 11.3 Å². The Balaban J connectivity index is 0.000000231. The fourth-order valence-electron chi connectivity index (χ4n) is 6.55. The zero-order valence-corrected chi connectivity index (χ0v) is 29.1. The number of aromatic nitrogens is 3. The van der Waals surface area contributed by atoms with Crippen molar-refractivity contribution in [2.24, 2.45) is 0 Å². The van der Waals surface area contributed by atoms with Crippen LogP contribution >= 0.6 is 0 Å². The van der Waals surface area contributed by atoms with Gasteiger partial charge in [0, 0.05) is 11.9 Å². The topological polar surface area (TPSA) is 30.9 Å². The van der Waals surface area contributed by atoms with E-state index in [1.807, 2.05) is 42.5 Å². The molecule has 0 fully saturated rings. The number of rotatable bonds is 2. The van der Waals surface area contributed by atoms with Gasteiger partial charge in [-0.25, -0.2) is 0 Å². The average molecular weight is 768 g/mol. The number of fused-ring (bicyclic) bond motifs is 3. The molecule has 6 aromatic rings. The maximum absolute atomic E-state index is 6.49. The monoisotopic (exact) mass is 768 g/mol. The molecule has 0 radical (unpaired) electrons. The quantitative estimate of drug-likeness (QED) is 0.130. The second-order valence-corrected chi connectivity index (χ2v) is 13.4. The molecular formula is C40H37IrN3O+. The largest absolute Gasteiger partial charge is 3.00 e. The van der Waals surface area contributed by atoms with Gasteiger partial charge in [0.25, 0.3) is 6.33 Å². The van der Waals surface area contributed by atoms with Crippen LogP contribution in [-0.4, -0.2) is 9.55 Å². The van der Waals surface area contributed by atoms with Crippen molar-refractivity contribution in [3.8, 4) is 34.1 Å². The Morgan fingerprint density at radius 1 is 0.822 bits per heavy atom. The average Bonchev–Trinajstić information content (AvgIpc) is 3.41. The third kappa shape index (κ3) is 5.65. The first-order chi connectivity index (χ1) is 21.1. The van der Waals surface area contributed by atoms with Crippen LogP contribution in [0.15, 0.2) is 91.1 Å². The SMILES string of the molecule is Cc1cc(C)cc(-n2[c-][n+]3c4c(cccc42)Oc2cc4c([c-]c2-3)C(C)(C)CCC4(C)C)c1.[Ir+3].[c-]1ccccc1-c1ccccn1. The van der Waals surface area contributed by atoms with E-state index in [1.165, 1.54) is 28.7 Å². The summed E-state index contributed by atoms with van der Waals surface area (Å²) in [4.78, 5) is 4.22. The summed E-state index contributed by atoms with van der Waals surface area (Å²) >= 11 is 0. The Kier molecular flexibility index (Phi) is 8.05. The molecule has 8 rings (SSSR count). The van der Waals surface area contributed by atoms with Crippen molar-refractivity contribution in [1.29, 1.82) is 0 Å². The third-order valence-electron chi connectivity index (χ3n) is 9.00. The molecule has 4 nitrogen and oxygen atoms in total. The van der Waals surface area contributed by atoms with Crippen LogP contribution in [0.25, 0.3) is 33.7 Å². The maximum atomic E-state index is 6.49. The minimum atomic E-state index is 0. The van der Waals surface area contributed by atoms with E-state index in [4.69, 9.17) is 4.74 Å². The first-order valence-electron chi connectivity index (χ1n) is 15.4. The van der Waals surface area contributed by atoms with E-state index in [0.717, 1.165) is 51.6 Å². The van der Waals surface area contributed by atoms with Gasteiger partial charge in [0.15, 0.2) is 0 Å².